The normalized spacial score (nSPS) is 18.9. The molecule has 1 aliphatic rings. The summed E-state index contributed by atoms with van der Waals surface area (Å²) in [7, 11) is 3.46. The average molecular weight is 279 g/mol. The lowest BCUT2D eigenvalue weighted by Gasteiger charge is -2.34. The van der Waals surface area contributed by atoms with Gasteiger partial charge in [-0.1, -0.05) is 0 Å². The number of hydrogen-bond acceptors (Lipinski definition) is 5. The number of nitrogens with zero attached hydrogens (tertiary/aromatic N) is 2. The van der Waals surface area contributed by atoms with Gasteiger partial charge in [-0.3, -0.25) is 10.1 Å². The monoisotopic (exact) mass is 279 g/mol. The highest BCUT2D eigenvalue weighted by atomic mass is 16.6. The number of ether oxygens (including phenoxy) is 1. The number of anilines is 1. The molecule has 1 aromatic carbocycles. The SMILES string of the molecule is CNCC1CCCN(c2ccc(OC)cc2[N+](=O)[O-])C1. The van der Waals surface area contributed by atoms with Crippen LogP contribution in [0.25, 0.3) is 0 Å². The zero-order valence-electron chi connectivity index (χ0n) is 12.0. The lowest BCUT2D eigenvalue weighted by molar-refractivity contribution is -0.384. The summed E-state index contributed by atoms with van der Waals surface area (Å²) in [5, 5.41) is 14.4. The number of hydrogen-bond donors (Lipinski definition) is 1. The van der Waals surface area contributed by atoms with E-state index in [0.29, 0.717) is 17.4 Å². The van der Waals surface area contributed by atoms with Crippen molar-refractivity contribution in [2.24, 2.45) is 5.92 Å². The maximum absolute atomic E-state index is 11.3. The lowest BCUT2D eigenvalue weighted by atomic mass is 9.97. The van der Waals surface area contributed by atoms with Crippen molar-refractivity contribution in [3.63, 3.8) is 0 Å². The van der Waals surface area contributed by atoms with Gasteiger partial charge in [-0.25, -0.2) is 0 Å². The minimum atomic E-state index is -0.334. The van der Waals surface area contributed by atoms with Crippen molar-refractivity contribution < 1.29 is 9.66 Å². The number of nitro groups is 1. The third kappa shape index (κ3) is 3.19. The first kappa shape index (κ1) is 14.6. The molecule has 1 saturated heterocycles. The van der Waals surface area contributed by atoms with Crippen molar-refractivity contribution in [1.82, 2.24) is 5.32 Å². The fraction of sp³-hybridized carbons (Fsp3) is 0.571. The Morgan fingerprint density at radius 3 is 3.00 bits per heavy atom. The lowest BCUT2D eigenvalue weighted by Crippen LogP contribution is -2.39. The fourth-order valence-electron chi connectivity index (χ4n) is 2.78. The zero-order valence-corrected chi connectivity index (χ0v) is 12.0. The largest absolute Gasteiger partial charge is 0.496 e. The molecule has 1 aromatic rings. The van der Waals surface area contributed by atoms with Gasteiger partial charge in [0.05, 0.1) is 18.1 Å². The Bertz CT molecular complexity index is 477. The molecule has 0 spiro atoms. The highest BCUT2D eigenvalue weighted by Gasteiger charge is 2.25. The maximum atomic E-state index is 11.3. The second-order valence-electron chi connectivity index (χ2n) is 5.12. The molecular weight excluding hydrogens is 258 g/mol. The summed E-state index contributed by atoms with van der Waals surface area (Å²) in [5.74, 6) is 1.06. The van der Waals surface area contributed by atoms with E-state index in [0.717, 1.165) is 26.1 Å². The molecule has 0 radical (unpaired) electrons. The second kappa shape index (κ2) is 6.56. The van der Waals surface area contributed by atoms with E-state index in [-0.39, 0.29) is 10.6 Å². The van der Waals surface area contributed by atoms with Crippen molar-refractivity contribution in [3.05, 3.63) is 28.3 Å². The Balaban J connectivity index is 2.24. The fourth-order valence-corrected chi connectivity index (χ4v) is 2.78. The number of methoxy groups -OCH3 is 1. The van der Waals surface area contributed by atoms with Crippen LogP contribution in [0.1, 0.15) is 12.8 Å². The third-order valence-corrected chi connectivity index (χ3v) is 3.73. The standard InChI is InChI=1S/C14H21N3O3/c1-15-9-11-4-3-7-16(10-11)13-6-5-12(20-2)8-14(13)17(18)19/h5-6,8,11,15H,3-4,7,9-10H2,1-2H3. The summed E-state index contributed by atoms with van der Waals surface area (Å²) in [6.07, 6.45) is 2.23. The summed E-state index contributed by atoms with van der Waals surface area (Å²) < 4.78 is 5.07. The number of nitrogens with one attached hydrogen (secondary N) is 1. The Hall–Kier alpha value is -1.82. The summed E-state index contributed by atoms with van der Waals surface area (Å²) in [4.78, 5) is 13.0. The quantitative estimate of drug-likeness (QED) is 0.660. The molecule has 1 aliphatic heterocycles. The molecule has 1 heterocycles. The van der Waals surface area contributed by atoms with Gasteiger partial charge in [0.15, 0.2) is 0 Å². The van der Waals surface area contributed by atoms with Crippen molar-refractivity contribution in [2.45, 2.75) is 12.8 Å². The summed E-state index contributed by atoms with van der Waals surface area (Å²) >= 11 is 0. The van der Waals surface area contributed by atoms with Gasteiger partial charge in [0.1, 0.15) is 11.4 Å². The van der Waals surface area contributed by atoms with Crippen LogP contribution in [0, 0.1) is 16.0 Å². The van der Waals surface area contributed by atoms with Crippen molar-refractivity contribution in [1.29, 1.82) is 0 Å². The van der Waals surface area contributed by atoms with E-state index < -0.39 is 0 Å². The van der Waals surface area contributed by atoms with Crippen LogP contribution < -0.4 is 15.0 Å². The van der Waals surface area contributed by atoms with Gasteiger partial charge in [0.25, 0.3) is 5.69 Å². The highest BCUT2D eigenvalue weighted by Crippen LogP contribution is 2.34. The second-order valence-corrected chi connectivity index (χ2v) is 5.12. The van der Waals surface area contributed by atoms with Gasteiger partial charge < -0.3 is 15.0 Å². The Morgan fingerprint density at radius 1 is 1.55 bits per heavy atom. The van der Waals surface area contributed by atoms with Crippen LogP contribution in [-0.4, -0.2) is 38.7 Å². The van der Waals surface area contributed by atoms with Gasteiger partial charge in [0.2, 0.25) is 0 Å². The summed E-state index contributed by atoms with van der Waals surface area (Å²) in [6, 6.07) is 5.07. The van der Waals surface area contributed by atoms with Crippen molar-refractivity contribution in [3.8, 4) is 5.75 Å². The first-order chi connectivity index (χ1) is 9.65. The van der Waals surface area contributed by atoms with Crippen LogP contribution in [0.4, 0.5) is 11.4 Å². The molecular formula is C14H21N3O3. The van der Waals surface area contributed by atoms with E-state index in [1.54, 1.807) is 12.1 Å². The molecule has 0 aliphatic carbocycles. The van der Waals surface area contributed by atoms with Crippen molar-refractivity contribution in [2.75, 3.05) is 38.7 Å². The van der Waals surface area contributed by atoms with Gasteiger partial charge in [-0.05, 0) is 44.5 Å². The molecule has 1 N–H and O–H groups in total. The van der Waals surface area contributed by atoms with Gasteiger partial charge in [0, 0.05) is 13.1 Å². The number of piperidine rings is 1. The number of benzene rings is 1. The highest BCUT2D eigenvalue weighted by molar-refractivity contribution is 5.65. The van der Waals surface area contributed by atoms with Crippen molar-refractivity contribution >= 4 is 11.4 Å². The number of nitro benzene ring substituents is 1. The Morgan fingerprint density at radius 2 is 2.35 bits per heavy atom. The maximum Gasteiger partial charge on any atom is 0.296 e. The predicted molar refractivity (Wildman–Crippen MR) is 78.5 cm³/mol. The first-order valence-electron chi connectivity index (χ1n) is 6.87. The van der Waals surface area contributed by atoms with E-state index in [1.165, 1.54) is 19.6 Å². The first-order valence-corrected chi connectivity index (χ1v) is 6.87. The topological polar surface area (TPSA) is 67.6 Å². The van der Waals surface area contributed by atoms with Gasteiger partial charge in [-0.15, -0.1) is 0 Å². The molecule has 0 saturated carbocycles. The van der Waals surface area contributed by atoms with Crippen LogP contribution in [0.5, 0.6) is 5.75 Å². The predicted octanol–water partition coefficient (Wildman–Crippen LogP) is 2.04. The minimum Gasteiger partial charge on any atom is -0.496 e. The van der Waals surface area contributed by atoms with Gasteiger partial charge in [-0.2, -0.15) is 0 Å². The van der Waals surface area contributed by atoms with Crippen LogP contribution in [0.3, 0.4) is 0 Å². The average Bonchev–Trinajstić information content (AvgIpc) is 2.47. The molecule has 6 nitrogen and oxygen atoms in total. The van der Waals surface area contributed by atoms with Gasteiger partial charge >= 0.3 is 0 Å². The molecule has 110 valence electrons. The molecule has 0 amide bonds. The smallest absolute Gasteiger partial charge is 0.296 e. The van der Waals surface area contributed by atoms with E-state index in [1.807, 2.05) is 7.05 Å². The molecule has 1 unspecified atom stereocenters. The molecule has 20 heavy (non-hydrogen) atoms. The Kier molecular flexibility index (Phi) is 4.79. The minimum absolute atomic E-state index is 0.120. The van der Waals surface area contributed by atoms with Crippen LogP contribution in [-0.2, 0) is 0 Å². The van der Waals surface area contributed by atoms with E-state index in [9.17, 15) is 10.1 Å². The molecule has 2 rings (SSSR count). The Labute approximate surface area is 118 Å². The third-order valence-electron chi connectivity index (χ3n) is 3.73. The molecule has 0 bridgehead atoms. The van der Waals surface area contributed by atoms with Crippen LogP contribution in [0.15, 0.2) is 18.2 Å². The molecule has 0 aromatic heterocycles. The number of rotatable bonds is 5. The molecule has 1 fully saturated rings. The van der Waals surface area contributed by atoms with E-state index in [2.05, 4.69) is 10.2 Å². The van der Waals surface area contributed by atoms with Crippen LogP contribution in [0.2, 0.25) is 0 Å². The molecule has 6 heteroatoms. The van der Waals surface area contributed by atoms with E-state index in [4.69, 9.17) is 4.74 Å². The van der Waals surface area contributed by atoms with Crippen LogP contribution >= 0.6 is 0 Å². The molecule has 1 atom stereocenters. The zero-order chi connectivity index (χ0) is 14.5. The van der Waals surface area contributed by atoms with E-state index >= 15 is 0 Å². The summed E-state index contributed by atoms with van der Waals surface area (Å²) in [5.41, 5.74) is 0.811. The summed E-state index contributed by atoms with van der Waals surface area (Å²) in [6.45, 7) is 2.67.